The lowest BCUT2D eigenvalue weighted by Crippen LogP contribution is -2.05. The zero-order valence-corrected chi connectivity index (χ0v) is 12.3. The Morgan fingerprint density at radius 2 is 1.67 bits per heavy atom. The Balaban J connectivity index is 3.19. The lowest BCUT2D eigenvalue weighted by Gasteiger charge is -2.19. The quantitative estimate of drug-likeness (QED) is 0.763. The summed E-state index contributed by atoms with van der Waals surface area (Å²) in [6.07, 6.45) is 0. The smallest absolute Gasteiger partial charge is 0.162 e. The third-order valence-corrected chi connectivity index (χ3v) is 3.44. The van der Waals surface area contributed by atoms with Gasteiger partial charge >= 0.3 is 0 Å². The number of halogens is 1. The first-order valence-corrected chi connectivity index (χ1v) is 6.26. The summed E-state index contributed by atoms with van der Waals surface area (Å²) in [5, 5.41) is 0.685. The summed E-state index contributed by atoms with van der Waals surface area (Å²) < 4.78 is 10.5. The van der Waals surface area contributed by atoms with Crippen molar-refractivity contribution < 1.29 is 9.47 Å². The normalized spacial score (nSPS) is 13.2. The molecule has 0 amide bonds. The van der Waals surface area contributed by atoms with E-state index in [-0.39, 0.29) is 11.8 Å². The van der Waals surface area contributed by atoms with E-state index in [2.05, 4.69) is 25.7 Å². The standard InChI is InChI=1S/C15H19ClO2/c1-6-7-10(2)11(3)12-8-14(17-4)15(18-5)9-13(12)16/h8-11H,1-5H3. The summed E-state index contributed by atoms with van der Waals surface area (Å²) in [6.45, 7) is 6.05. The third kappa shape index (κ3) is 3.11. The molecule has 0 radical (unpaired) electrons. The predicted molar refractivity (Wildman–Crippen MR) is 75.6 cm³/mol. The van der Waals surface area contributed by atoms with Crippen molar-refractivity contribution in [1.29, 1.82) is 0 Å². The molecular weight excluding hydrogens is 248 g/mol. The Kier molecular flexibility index (Phi) is 5.37. The highest BCUT2D eigenvalue weighted by atomic mass is 35.5. The van der Waals surface area contributed by atoms with Gasteiger partial charge in [0, 0.05) is 17.0 Å². The van der Waals surface area contributed by atoms with Crippen LogP contribution in [0.1, 0.15) is 32.3 Å². The Morgan fingerprint density at radius 1 is 1.11 bits per heavy atom. The minimum Gasteiger partial charge on any atom is -0.493 e. The van der Waals surface area contributed by atoms with Gasteiger partial charge in [0.05, 0.1) is 14.2 Å². The molecule has 0 bridgehead atoms. The van der Waals surface area contributed by atoms with Gasteiger partial charge in [-0.05, 0) is 24.5 Å². The molecule has 0 aliphatic rings. The molecule has 0 saturated carbocycles. The van der Waals surface area contributed by atoms with E-state index in [1.165, 1.54) is 0 Å². The molecule has 0 aromatic heterocycles. The first-order valence-electron chi connectivity index (χ1n) is 5.88. The molecule has 2 nitrogen and oxygen atoms in total. The first kappa shape index (κ1) is 14.7. The van der Waals surface area contributed by atoms with Crippen LogP contribution in [-0.2, 0) is 0 Å². The second-order valence-electron chi connectivity index (χ2n) is 4.20. The van der Waals surface area contributed by atoms with Crippen LogP contribution in [0.3, 0.4) is 0 Å². The third-order valence-electron chi connectivity index (χ3n) is 3.12. The summed E-state index contributed by atoms with van der Waals surface area (Å²) in [6, 6.07) is 3.72. The van der Waals surface area contributed by atoms with E-state index in [9.17, 15) is 0 Å². The maximum atomic E-state index is 6.29. The molecule has 98 valence electrons. The summed E-state index contributed by atoms with van der Waals surface area (Å²) in [5.41, 5.74) is 1.03. The van der Waals surface area contributed by atoms with Gasteiger partial charge in [0.15, 0.2) is 11.5 Å². The number of hydrogen-bond acceptors (Lipinski definition) is 2. The second-order valence-corrected chi connectivity index (χ2v) is 4.61. The van der Waals surface area contributed by atoms with Crippen molar-refractivity contribution in [2.24, 2.45) is 5.92 Å². The number of methoxy groups -OCH3 is 2. The summed E-state index contributed by atoms with van der Waals surface area (Å²) in [4.78, 5) is 0. The zero-order chi connectivity index (χ0) is 13.7. The van der Waals surface area contributed by atoms with E-state index in [1.807, 2.05) is 13.0 Å². The molecule has 1 aromatic carbocycles. The van der Waals surface area contributed by atoms with Gasteiger partial charge in [-0.25, -0.2) is 0 Å². The average Bonchev–Trinajstić information content (AvgIpc) is 2.37. The minimum atomic E-state index is 0.241. The number of hydrogen-bond donors (Lipinski definition) is 0. The van der Waals surface area contributed by atoms with Crippen LogP contribution in [-0.4, -0.2) is 14.2 Å². The second kappa shape index (κ2) is 6.56. The van der Waals surface area contributed by atoms with Crippen molar-refractivity contribution >= 4 is 11.6 Å². The largest absolute Gasteiger partial charge is 0.493 e. The molecule has 0 saturated heterocycles. The predicted octanol–water partition coefficient (Wildman–Crippen LogP) is 4.12. The molecule has 0 heterocycles. The summed E-state index contributed by atoms with van der Waals surface area (Å²) in [7, 11) is 3.22. The molecule has 0 fully saturated rings. The Hall–Kier alpha value is -1.33. The minimum absolute atomic E-state index is 0.241. The first-order chi connectivity index (χ1) is 8.54. The van der Waals surface area contributed by atoms with Crippen molar-refractivity contribution in [3.8, 4) is 23.3 Å². The fraction of sp³-hybridized carbons (Fsp3) is 0.467. The fourth-order valence-corrected chi connectivity index (χ4v) is 2.17. The molecule has 1 rings (SSSR count). The van der Waals surface area contributed by atoms with E-state index in [4.69, 9.17) is 21.1 Å². The van der Waals surface area contributed by atoms with Crippen molar-refractivity contribution in [1.82, 2.24) is 0 Å². The number of ether oxygens (including phenoxy) is 2. The Bertz CT molecular complexity index is 471. The SMILES string of the molecule is CC#CC(C)C(C)c1cc(OC)c(OC)cc1Cl. The van der Waals surface area contributed by atoms with Crippen molar-refractivity contribution in [3.63, 3.8) is 0 Å². The van der Waals surface area contributed by atoms with E-state index >= 15 is 0 Å². The van der Waals surface area contributed by atoms with Crippen LogP contribution in [0.25, 0.3) is 0 Å². The van der Waals surface area contributed by atoms with Gasteiger partial charge in [-0.2, -0.15) is 0 Å². The molecule has 1 aromatic rings. The van der Waals surface area contributed by atoms with Gasteiger partial charge in [-0.3, -0.25) is 0 Å². The highest BCUT2D eigenvalue weighted by molar-refractivity contribution is 6.31. The molecular formula is C15H19ClO2. The van der Waals surface area contributed by atoms with Gasteiger partial charge in [-0.15, -0.1) is 5.92 Å². The van der Waals surface area contributed by atoms with Crippen LogP contribution >= 0.6 is 11.6 Å². The van der Waals surface area contributed by atoms with Gasteiger partial charge in [-0.1, -0.05) is 31.4 Å². The van der Waals surface area contributed by atoms with Crippen molar-refractivity contribution in [2.45, 2.75) is 26.7 Å². The molecule has 0 spiro atoms. The van der Waals surface area contributed by atoms with Crippen LogP contribution in [0, 0.1) is 17.8 Å². The highest BCUT2D eigenvalue weighted by Gasteiger charge is 2.18. The fourth-order valence-electron chi connectivity index (χ4n) is 1.84. The Morgan fingerprint density at radius 3 is 2.17 bits per heavy atom. The van der Waals surface area contributed by atoms with Crippen molar-refractivity contribution in [2.75, 3.05) is 14.2 Å². The van der Waals surface area contributed by atoms with E-state index in [1.54, 1.807) is 20.3 Å². The number of rotatable bonds is 4. The maximum Gasteiger partial charge on any atom is 0.162 e. The lowest BCUT2D eigenvalue weighted by molar-refractivity contribution is 0.354. The average molecular weight is 267 g/mol. The summed E-state index contributed by atoms with van der Waals surface area (Å²) >= 11 is 6.29. The van der Waals surface area contributed by atoms with Crippen LogP contribution in [0.15, 0.2) is 12.1 Å². The van der Waals surface area contributed by atoms with Crippen LogP contribution in [0.2, 0.25) is 5.02 Å². The highest BCUT2D eigenvalue weighted by Crippen LogP contribution is 2.38. The topological polar surface area (TPSA) is 18.5 Å². The summed E-state index contributed by atoms with van der Waals surface area (Å²) in [5.74, 6) is 7.92. The van der Waals surface area contributed by atoms with Crippen LogP contribution in [0.4, 0.5) is 0 Å². The van der Waals surface area contributed by atoms with E-state index in [0.29, 0.717) is 16.5 Å². The lowest BCUT2D eigenvalue weighted by atomic mass is 9.89. The number of benzene rings is 1. The zero-order valence-electron chi connectivity index (χ0n) is 11.5. The van der Waals surface area contributed by atoms with Crippen LogP contribution < -0.4 is 9.47 Å². The molecule has 2 atom stereocenters. The monoisotopic (exact) mass is 266 g/mol. The van der Waals surface area contributed by atoms with Gasteiger partial charge in [0.1, 0.15) is 0 Å². The Labute approximate surface area is 114 Å². The molecule has 2 unspecified atom stereocenters. The molecule has 3 heteroatoms. The molecule has 0 N–H and O–H groups in total. The molecule has 18 heavy (non-hydrogen) atoms. The van der Waals surface area contributed by atoms with Gasteiger partial charge in [0.2, 0.25) is 0 Å². The van der Waals surface area contributed by atoms with E-state index < -0.39 is 0 Å². The van der Waals surface area contributed by atoms with Gasteiger partial charge in [0.25, 0.3) is 0 Å². The van der Waals surface area contributed by atoms with Crippen LogP contribution in [0.5, 0.6) is 11.5 Å². The maximum absolute atomic E-state index is 6.29. The molecule has 0 aliphatic carbocycles. The van der Waals surface area contributed by atoms with E-state index in [0.717, 1.165) is 5.56 Å². The van der Waals surface area contributed by atoms with Crippen molar-refractivity contribution in [3.05, 3.63) is 22.7 Å². The molecule has 0 aliphatic heterocycles. The van der Waals surface area contributed by atoms with Gasteiger partial charge < -0.3 is 9.47 Å².